The van der Waals surface area contributed by atoms with Crippen LogP contribution in [0, 0.1) is 22.7 Å². The summed E-state index contributed by atoms with van der Waals surface area (Å²) in [6.07, 6.45) is -8.53. The standard InChI is InChI=1S/C19H14F9N5O7S/c1-10(34)38-6-5-31-15(35)39-32-13(8-29)11-3-2-4-12(7-11)14(9-30)33-40-41(36,37)19(27,28)17(22,23)16(20,21)18(24,25)26/h2-4,7,14,33H,5-6H2,1H3,(H,31,35)/b32-13+. The van der Waals surface area contributed by atoms with E-state index in [1.54, 1.807) is 0 Å². The molecule has 0 spiro atoms. The highest BCUT2D eigenvalue weighted by Crippen LogP contribution is 2.54. The lowest BCUT2D eigenvalue weighted by molar-refractivity contribution is -0.383. The number of hydrogen-bond donors (Lipinski definition) is 2. The molecule has 0 fully saturated rings. The molecule has 1 rings (SSSR count). The maximum atomic E-state index is 13.8. The molecule has 0 saturated heterocycles. The number of oxime groups is 1. The number of nitrogens with one attached hydrogen (secondary N) is 2. The molecule has 1 aromatic rings. The highest BCUT2D eigenvalue weighted by atomic mass is 32.2. The summed E-state index contributed by atoms with van der Waals surface area (Å²) in [4.78, 5) is 26.6. The zero-order chi connectivity index (χ0) is 31.9. The minimum absolute atomic E-state index is 0.220. The van der Waals surface area contributed by atoms with Crippen LogP contribution in [0.4, 0.5) is 44.3 Å². The number of ether oxygens (including phenoxy) is 1. The van der Waals surface area contributed by atoms with Crippen LogP contribution < -0.4 is 10.8 Å². The number of alkyl halides is 9. The van der Waals surface area contributed by atoms with Crippen LogP contribution in [0.25, 0.3) is 0 Å². The Kier molecular flexibility index (Phi) is 11.1. The molecule has 0 radical (unpaired) electrons. The van der Waals surface area contributed by atoms with Gasteiger partial charge in [-0.1, -0.05) is 23.4 Å². The predicted octanol–water partition coefficient (Wildman–Crippen LogP) is 3.04. The van der Waals surface area contributed by atoms with Crippen LogP contribution in [-0.2, 0) is 28.8 Å². The van der Waals surface area contributed by atoms with Crippen molar-refractivity contribution in [1.29, 1.82) is 10.5 Å². The fraction of sp³-hybridized carbons (Fsp3) is 0.421. The molecule has 0 heterocycles. The van der Waals surface area contributed by atoms with Crippen LogP contribution in [0.3, 0.4) is 0 Å². The first-order valence-electron chi connectivity index (χ1n) is 10.1. The average Bonchev–Trinajstić information content (AvgIpc) is 2.86. The Morgan fingerprint density at radius 2 is 1.66 bits per heavy atom. The lowest BCUT2D eigenvalue weighted by Crippen LogP contribution is -2.63. The van der Waals surface area contributed by atoms with Crippen LogP contribution in [-0.4, -0.2) is 62.6 Å². The molecule has 22 heteroatoms. The van der Waals surface area contributed by atoms with Gasteiger partial charge in [-0.05, 0) is 11.6 Å². The van der Waals surface area contributed by atoms with E-state index in [1.807, 2.05) is 0 Å². The maximum absolute atomic E-state index is 13.8. The summed E-state index contributed by atoms with van der Waals surface area (Å²) < 4.78 is 148. The average molecular weight is 627 g/mol. The summed E-state index contributed by atoms with van der Waals surface area (Å²) in [6, 6.07) is 4.30. The Bertz CT molecular complexity index is 1360. The van der Waals surface area contributed by atoms with Gasteiger partial charge in [-0.15, -0.1) is 0 Å². The van der Waals surface area contributed by atoms with E-state index >= 15 is 0 Å². The van der Waals surface area contributed by atoms with Gasteiger partial charge in [-0.25, -0.2) is 4.79 Å². The molecule has 1 atom stereocenters. The van der Waals surface area contributed by atoms with Crippen molar-refractivity contribution in [2.75, 3.05) is 13.2 Å². The second-order valence-corrected chi connectivity index (χ2v) is 8.79. The summed E-state index contributed by atoms with van der Waals surface area (Å²) in [5.74, 6) is -15.7. The third-order valence-corrected chi connectivity index (χ3v) is 5.53. The van der Waals surface area contributed by atoms with Crippen LogP contribution in [0.5, 0.6) is 0 Å². The Morgan fingerprint density at radius 1 is 1.05 bits per heavy atom. The summed E-state index contributed by atoms with van der Waals surface area (Å²) in [5, 5.41) is 16.5. The van der Waals surface area contributed by atoms with Crippen molar-refractivity contribution in [1.82, 2.24) is 10.8 Å². The lowest BCUT2D eigenvalue weighted by atomic mass is 10.0. The van der Waals surface area contributed by atoms with E-state index < -0.39 is 62.8 Å². The van der Waals surface area contributed by atoms with Crippen molar-refractivity contribution in [3.8, 4) is 12.1 Å². The molecule has 1 amide bonds. The Hall–Kier alpha value is -4.15. The molecule has 0 saturated carbocycles. The first-order chi connectivity index (χ1) is 18.7. The van der Waals surface area contributed by atoms with E-state index in [4.69, 9.17) is 0 Å². The maximum Gasteiger partial charge on any atom is 0.460 e. The molecular weight excluding hydrogens is 613 g/mol. The highest BCUT2D eigenvalue weighted by Gasteiger charge is 2.86. The second kappa shape index (κ2) is 13.0. The SMILES string of the molecule is CC(=O)OCCNC(=O)O/N=C(\C#N)c1cccc(C(C#N)NOS(=O)(=O)C(F)(F)C(F)(F)C(F)(F)C(F)(F)F)c1. The van der Waals surface area contributed by atoms with Gasteiger partial charge >= 0.3 is 45.5 Å². The lowest BCUT2D eigenvalue weighted by Gasteiger charge is -2.32. The molecule has 0 aliphatic heterocycles. The molecule has 12 nitrogen and oxygen atoms in total. The van der Waals surface area contributed by atoms with Crippen molar-refractivity contribution in [3.63, 3.8) is 0 Å². The van der Waals surface area contributed by atoms with Crippen molar-refractivity contribution in [3.05, 3.63) is 35.4 Å². The number of benzene rings is 1. The normalized spacial score (nSPS) is 13.9. The van der Waals surface area contributed by atoms with Gasteiger partial charge in [0.25, 0.3) is 0 Å². The molecular formula is C19H14F9N5O7S. The molecule has 226 valence electrons. The van der Waals surface area contributed by atoms with E-state index in [-0.39, 0.29) is 18.7 Å². The van der Waals surface area contributed by atoms with E-state index in [2.05, 4.69) is 24.3 Å². The largest absolute Gasteiger partial charge is 0.464 e. The number of carbonyl (C=O) groups is 2. The Morgan fingerprint density at radius 3 is 2.17 bits per heavy atom. The minimum Gasteiger partial charge on any atom is -0.464 e. The smallest absolute Gasteiger partial charge is 0.460 e. The summed E-state index contributed by atoms with van der Waals surface area (Å²) in [7, 11) is -7.33. The fourth-order valence-corrected chi connectivity index (χ4v) is 3.09. The summed E-state index contributed by atoms with van der Waals surface area (Å²) in [5.41, 5.74) is -0.434. The van der Waals surface area contributed by atoms with Gasteiger partial charge in [-0.3, -0.25) is 9.63 Å². The molecule has 0 aliphatic rings. The number of amides is 1. The number of carbonyl (C=O) groups excluding carboxylic acids is 2. The van der Waals surface area contributed by atoms with Gasteiger partial charge in [0.05, 0.1) is 12.6 Å². The number of halogens is 9. The summed E-state index contributed by atoms with van der Waals surface area (Å²) in [6.45, 7) is 0.638. The second-order valence-electron chi connectivity index (χ2n) is 7.20. The van der Waals surface area contributed by atoms with Crippen LogP contribution in [0.15, 0.2) is 29.4 Å². The van der Waals surface area contributed by atoms with Gasteiger partial charge in [0.2, 0.25) is 0 Å². The molecule has 0 aliphatic carbocycles. The van der Waals surface area contributed by atoms with Gasteiger partial charge < -0.3 is 10.1 Å². The van der Waals surface area contributed by atoms with E-state index in [0.29, 0.717) is 0 Å². The number of rotatable bonds is 12. The Balaban J connectivity index is 3.11. The fourth-order valence-electron chi connectivity index (χ4n) is 2.32. The predicted molar refractivity (Wildman–Crippen MR) is 112 cm³/mol. The van der Waals surface area contributed by atoms with E-state index in [1.165, 1.54) is 12.1 Å². The number of hydroxylamine groups is 1. The molecule has 0 aromatic heterocycles. The zero-order valence-electron chi connectivity index (χ0n) is 19.8. The quantitative estimate of drug-likeness (QED) is 0.0874. The monoisotopic (exact) mass is 627 g/mol. The minimum atomic E-state index is -7.56. The van der Waals surface area contributed by atoms with Crippen molar-refractivity contribution >= 4 is 27.9 Å². The van der Waals surface area contributed by atoms with Crippen molar-refractivity contribution in [2.45, 2.75) is 36.2 Å². The topological polar surface area (TPSA) is 180 Å². The van der Waals surface area contributed by atoms with Crippen LogP contribution in [0.1, 0.15) is 24.1 Å². The summed E-state index contributed by atoms with van der Waals surface area (Å²) >= 11 is 0. The first kappa shape index (κ1) is 34.9. The van der Waals surface area contributed by atoms with E-state index in [9.17, 15) is 68.0 Å². The molecule has 0 bridgehead atoms. The highest BCUT2D eigenvalue weighted by molar-refractivity contribution is 7.87. The zero-order valence-corrected chi connectivity index (χ0v) is 20.6. The number of hydrogen-bond acceptors (Lipinski definition) is 11. The van der Waals surface area contributed by atoms with Gasteiger partial charge in [0.1, 0.15) is 18.7 Å². The Labute approximate surface area is 223 Å². The number of nitriles is 2. The first-order valence-corrected chi connectivity index (χ1v) is 11.5. The number of esters is 1. The third kappa shape index (κ3) is 7.96. The number of nitrogens with zero attached hydrogens (tertiary/aromatic N) is 3. The molecule has 1 unspecified atom stereocenters. The van der Waals surface area contributed by atoms with Gasteiger partial charge in [0, 0.05) is 12.5 Å². The van der Waals surface area contributed by atoms with Crippen molar-refractivity contribution in [2.24, 2.45) is 5.16 Å². The molecule has 41 heavy (non-hydrogen) atoms. The van der Waals surface area contributed by atoms with Gasteiger partial charge in [-0.2, -0.15) is 68.2 Å². The molecule has 2 N–H and O–H groups in total. The molecule has 1 aromatic carbocycles. The third-order valence-electron chi connectivity index (χ3n) is 4.33. The van der Waals surface area contributed by atoms with Crippen molar-refractivity contribution < 1.29 is 71.4 Å². The van der Waals surface area contributed by atoms with Gasteiger partial charge in [0.15, 0.2) is 5.71 Å². The van der Waals surface area contributed by atoms with E-state index in [0.717, 1.165) is 36.7 Å². The van der Waals surface area contributed by atoms with Crippen LogP contribution in [0.2, 0.25) is 0 Å². The van der Waals surface area contributed by atoms with Crippen LogP contribution >= 0.6 is 0 Å².